The summed E-state index contributed by atoms with van der Waals surface area (Å²) < 4.78 is 5.12. The summed E-state index contributed by atoms with van der Waals surface area (Å²) >= 11 is 0. The minimum Gasteiger partial charge on any atom is -0.491 e. The van der Waals surface area contributed by atoms with Crippen LogP contribution in [0.5, 0.6) is 5.75 Å². The van der Waals surface area contributed by atoms with E-state index in [0.717, 1.165) is 0 Å². The molecule has 0 saturated heterocycles. The molecule has 2 N–H and O–H groups in total. The summed E-state index contributed by atoms with van der Waals surface area (Å²) in [5, 5.41) is 11.8. The molecule has 0 saturated carbocycles. The summed E-state index contributed by atoms with van der Waals surface area (Å²) in [5.41, 5.74) is -0.463. The number of aliphatic carboxylic acids is 1. The van der Waals surface area contributed by atoms with Gasteiger partial charge in [-0.3, -0.25) is 0 Å². The highest BCUT2D eigenvalue weighted by Gasteiger charge is 2.28. The Hall–Kier alpha value is -1.85. The van der Waals surface area contributed by atoms with Crippen LogP contribution in [0.2, 0.25) is 0 Å². The van der Waals surface area contributed by atoms with Crippen molar-refractivity contribution in [1.29, 1.82) is 0 Å². The van der Waals surface area contributed by atoms with Crippen molar-refractivity contribution < 1.29 is 14.6 Å². The molecule has 1 heterocycles. The van der Waals surface area contributed by atoms with E-state index in [-0.39, 0.29) is 0 Å². The molecule has 0 amide bonds. The standard InChI is InChI=1S/C10H15N3O3/c1-6-7(16-4)8(12-5-11-6)13-10(2,3)9(14)15/h5H,1-4H3,(H,14,15)(H,11,12,13). The van der Waals surface area contributed by atoms with E-state index in [1.165, 1.54) is 13.4 Å². The maximum absolute atomic E-state index is 11.0. The maximum Gasteiger partial charge on any atom is 0.328 e. The third-order valence-electron chi connectivity index (χ3n) is 2.15. The zero-order chi connectivity index (χ0) is 12.3. The van der Waals surface area contributed by atoms with Crippen LogP contribution in [0.15, 0.2) is 6.33 Å². The number of methoxy groups -OCH3 is 1. The number of aryl methyl sites for hydroxylation is 1. The molecular formula is C10H15N3O3. The number of nitrogens with zero attached hydrogens (tertiary/aromatic N) is 2. The summed E-state index contributed by atoms with van der Waals surface area (Å²) in [6.07, 6.45) is 1.36. The number of anilines is 1. The van der Waals surface area contributed by atoms with E-state index >= 15 is 0 Å². The first kappa shape index (κ1) is 12.2. The van der Waals surface area contributed by atoms with Gasteiger partial charge < -0.3 is 15.2 Å². The normalized spacial score (nSPS) is 11.0. The Labute approximate surface area is 93.7 Å². The average molecular weight is 225 g/mol. The Balaban J connectivity index is 3.06. The van der Waals surface area contributed by atoms with Crippen LogP contribution in [-0.2, 0) is 4.79 Å². The van der Waals surface area contributed by atoms with Crippen molar-refractivity contribution in [3.05, 3.63) is 12.0 Å². The molecule has 0 atom stereocenters. The maximum atomic E-state index is 11.0. The largest absolute Gasteiger partial charge is 0.491 e. The first-order chi connectivity index (χ1) is 7.38. The molecule has 0 aliphatic rings. The highest BCUT2D eigenvalue weighted by molar-refractivity contribution is 5.81. The van der Waals surface area contributed by atoms with Crippen LogP contribution < -0.4 is 10.1 Å². The number of hydrogen-bond donors (Lipinski definition) is 2. The predicted molar refractivity (Wildman–Crippen MR) is 58.7 cm³/mol. The molecule has 6 nitrogen and oxygen atoms in total. The van der Waals surface area contributed by atoms with Gasteiger partial charge in [-0.2, -0.15) is 0 Å². The molecular weight excluding hydrogens is 210 g/mol. The van der Waals surface area contributed by atoms with Crippen molar-refractivity contribution in [3.8, 4) is 5.75 Å². The zero-order valence-corrected chi connectivity index (χ0v) is 9.74. The molecule has 1 rings (SSSR count). The summed E-state index contributed by atoms with van der Waals surface area (Å²) in [6.45, 7) is 4.86. The second-order valence-corrected chi connectivity index (χ2v) is 3.90. The van der Waals surface area contributed by atoms with Crippen LogP contribution in [-0.4, -0.2) is 33.7 Å². The van der Waals surface area contributed by atoms with E-state index in [9.17, 15) is 4.79 Å². The van der Waals surface area contributed by atoms with Crippen molar-refractivity contribution in [2.24, 2.45) is 0 Å². The summed E-state index contributed by atoms with van der Waals surface area (Å²) in [7, 11) is 1.49. The number of nitrogens with one attached hydrogen (secondary N) is 1. The van der Waals surface area contributed by atoms with E-state index in [1.54, 1.807) is 20.8 Å². The highest BCUT2D eigenvalue weighted by Crippen LogP contribution is 2.26. The van der Waals surface area contributed by atoms with Gasteiger partial charge in [0.05, 0.1) is 12.8 Å². The molecule has 0 radical (unpaired) electrons. The van der Waals surface area contributed by atoms with Gasteiger partial charge in [0.25, 0.3) is 0 Å². The van der Waals surface area contributed by atoms with Gasteiger partial charge in [0.15, 0.2) is 11.6 Å². The van der Waals surface area contributed by atoms with Gasteiger partial charge >= 0.3 is 5.97 Å². The average Bonchev–Trinajstić information content (AvgIpc) is 2.17. The lowest BCUT2D eigenvalue weighted by Crippen LogP contribution is -2.40. The predicted octanol–water partition coefficient (Wildman–Crippen LogP) is 1.07. The van der Waals surface area contributed by atoms with Gasteiger partial charge in [0.2, 0.25) is 0 Å². The van der Waals surface area contributed by atoms with Gasteiger partial charge in [-0.25, -0.2) is 14.8 Å². The Morgan fingerprint density at radius 2 is 2.12 bits per heavy atom. The third-order valence-corrected chi connectivity index (χ3v) is 2.15. The van der Waals surface area contributed by atoms with E-state index in [1.807, 2.05) is 0 Å². The number of hydrogen-bond acceptors (Lipinski definition) is 5. The van der Waals surface area contributed by atoms with Crippen molar-refractivity contribution in [2.75, 3.05) is 12.4 Å². The fourth-order valence-electron chi connectivity index (χ4n) is 1.14. The van der Waals surface area contributed by atoms with Gasteiger partial charge in [-0.05, 0) is 20.8 Å². The molecule has 6 heteroatoms. The first-order valence-electron chi connectivity index (χ1n) is 4.75. The molecule has 0 bridgehead atoms. The van der Waals surface area contributed by atoms with Crippen LogP contribution in [0.1, 0.15) is 19.5 Å². The number of aromatic nitrogens is 2. The third kappa shape index (κ3) is 2.39. The lowest BCUT2D eigenvalue weighted by atomic mass is 10.1. The van der Waals surface area contributed by atoms with E-state index in [0.29, 0.717) is 17.3 Å². The number of carboxylic acid groups (broad SMARTS) is 1. The summed E-state index contributed by atoms with van der Waals surface area (Å²) in [6, 6.07) is 0. The molecule has 88 valence electrons. The van der Waals surface area contributed by atoms with Crippen LogP contribution in [0.3, 0.4) is 0 Å². The molecule has 0 aliphatic heterocycles. The molecule has 0 aliphatic carbocycles. The summed E-state index contributed by atoms with van der Waals surface area (Å²) in [5.74, 6) is -0.134. The number of ether oxygens (including phenoxy) is 1. The molecule has 16 heavy (non-hydrogen) atoms. The molecule has 0 spiro atoms. The highest BCUT2D eigenvalue weighted by atomic mass is 16.5. The molecule has 0 unspecified atom stereocenters. The second kappa shape index (κ2) is 4.34. The zero-order valence-electron chi connectivity index (χ0n) is 9.74. The lowest BCUT2D eigenvalue weighted by molar-refractivity contribution is -0.141. The fraction of sp³-hybridized carbons (Fsp3) is 0.500. The quantitative estimate of drug-likeness (QED) is 0.797. The Bertz CT molecular complexity index is 404. The van der Waals surface area contributed by atoms with Gasteiger partial charge in [-0.1, -0.05) is 0 Å². The molecule has 0 fully saturated rings. The fourth-order valence-corrected chi connectivity index (χ4v) is 1.14. The Morgan fingerprint density at radius 3 is 2.62 bits per heavy atom. The van der Waals surface area contributed by atoms with E-state index in [4.69, 9.17) is 9.84 Å². The Morgan fingerprint density at radius 1 is 1.50 bits per heavy atom. The summed E-state index contributed by atoms with van der Waals surface area (Å²) in [4.78, 5) is 18.9. The van der Waals surface area contributed by atoms with Gasteiger partial charge in [0, 0.05) is 0 Å². The van der Waals surface area contributed by atoms with Crippen LogP contribution in [0.4, 0.5) is 5.82 Å². The lowest BCUT2D eigenvalue weighted by Gasteiger charge is -2.23. The van der Waals surface area contributed by atoms with Crippen molar-refractivity contribution in [1.82, 2.24) is 9.97 Å². The monoisotopic (exact) mass is 225 g/mol. The minimum absolute atomic E-state index is 0.377. The number of carbonyl (C=O) groups is 1. The van der Waals surface area contributed by atoms with Crippen molar-refractivity contribution in [3.63, 3.8) is 0 Å². The molecule has 0 aromatic carbocycles. The SMILES string of the molecule is COc1c(C)ncnc1NC(C)(C)C(=O)O. The smallest absolute Gasteiger partial charge is 0.328 e. The van der Waals surface area contributed by atoms with Gasteiger partial charge in [-0.15, -0.1) is 0 Å². The van der Waals surface area contributed by atoms with Crippen LogP contribution >= 0.6 is 0 Å². The second-order valence-electron chi connectivity index (χ2n) is 3.90. The topological polar surface area (TPSA) is 84.3 Å². The number of rotatable bonds is 4. The van der Waals surface area contributed by atoms with Crippen molar-refractivity contribution >= 4 is 11.8 Å². The van der Waals surface area contributed by atoms with Crippen molar-refractivity contribution in [2.45, 2.75) is 26.3 Å². The number of carboxylic acids is 1. The minimum atomic E-state index is -1.12. The first-order valence-corrected chi connectivity index (χ1v) is 4.75. The van der Waals surface area contributed by atoms with E-state index < -0.39 is 11.5 Å². The Kier molecular flexibility index (Phi) is 3.31. The molecule has 1 aromatic rings. The molecule has 1 aromatic heterocycles. The van der Waals surface area contributed by atoms with Crippen LogP contribution in [0.25, 0.3) is 0 Å². The van der Waals surface area contributed by atoms with Crippen LogP contribution in [0, 0.1) is 6.92 Å². The van der Waals surface area contributed by atoms with Gasteiger partial charge in [0.1, 0.15) is 11.9 Å². The van der Waals surface area contributed by atoms with E-state index in [2.05, 4.69) is 15.3 Å².